The summed E-state index contributed by atoms with van der Waals surface area (Å²) in [5.41, 5.74) is 0.986. The predicted molar refractivity (Wildman–Crippen MR) is 157 cm³/mol. The molecule has 14 heteroatoms. The Bertz CT molecular complexity index is 1480. The lowest BCUT2D eigenvalue weighted by Crippen LogP contribution is -2.42. The number of aryl methyl sites for hydroxylation is 2. The zero-order valence-electron chi connectivity index (χ0n) is 23.8. The molecule has 12 nitrogen and oxygen atoms in total. The number of aromatic nitrogens is 4. The third-order valence-corrected chi connectivity index (χ3v) is 9.52. The fourth-order valence-electron chi connectivity index (χ4n) is 4.97. The van der Waals surface area contributed by atoms with Crippen LogP contribution in [0.15, 0.2) is 12.3 Å². The zero-order chi connectivity index (χ0) is 29.6. The summed E-state index contributed by atoms with van der Waals surface area (Å²) in [4.78, 5) is 18.4. The molecule has 0 amide bonds. The second-order valence-electron chi connectivity index (χ2n) is 11.9. The summed E-state index contributed by atoms with van der Waals surface area (Å²) in [5.74, 6) is -0.147. The molecule has 0 unspecified atom stereocenters. The molecular formula is C26H39N7O5S2. The van der Waals surface area contributed by atoms with E-state index in [-0.39, 0.29) is 18.2 Å². The largest absolute Gasteiger partial charge is 0.390 e. The van der Waals surface area contributed by atoms with Gasteiger partial charge in [-0.3, -0.25) is 4.98 Å². The Labute approximate surface area is 238 Å². The van der Waals surface area contributed by atoms with Crippen LogP contribution in [0.25, 0.3) is 20.8 Å². The molecule has 1 fully saturated rings. The highest BCUT2D eigenvalue weighted by atomic mass is 32.2. The van der Waals surface area contributed by atoms with E-state index >= 15 is 0 Å². The van der Waals surface area contributed by atoms with Gasteiger partial charge in [-0.05, 0) is 61.0 Å². The van der Waals surface area contributed by atoms with Crippen LogP contribution in [0.2, 0.25) is 0 Å². The number of fused-ring (bicyclic) bond motifs is 1. The van der Waals surface area contributed by atoms with Gasteiger partial charge in [0.1, 0.15) is 22.4 Å². The molecule has 0 radical (unpaired) electrons. The molecule has 3 aromatic rings. The highest BCUT2D eigenvalue weighted by Crippen LogP contribution is 2.40. The number of aliphatic hydroxyl groups excluding tert-OH is 2. The summed E-state index contributed by atoms with van der Waals surface area (Å²) in [7, 11) is -3.53. The summed E-state index contributed by atoms with van der Waals surface area (Å²) in [6.07, 6.45) is -0.244. The minimum Gasteiger partial charge on any atom is -0.390 e. The molecule has 0 saturated heterocycles. The number of nitrogens with zero attached hydrogens (tertiary/aromatic N) is 4. The zero-order valence-corrected chi connectivity index (χ0v) is 25.5. The van der Waals surface area contributed by atoms with Crippen molar-refractivity contribution in [2.24, 2.45) is 5.92 Å². The van der Waals surface area contributed by atoms with Crippen LogP contribution in [-0.4, -0.2) is 85.4 Å². The molecule has 220 valence electrons. The molecule has 1 aliphatic carbocycles. The smallest absolute Gasteiger partial charge is 0.224 e. The van der Waals surface area contributed by atoms with E-state index in [0.29, 0.717) is 28.5 Å². The second kappa shape index (κ2) is 11.1. The lowest BCUT2D eigenvalue weighted by molar-refractivity contribution is -0.0601. The van der Waals surface area contributed by atoms with Crippen LogP contribution in [0.1, 0.15) is 52.4 Å². The maximum atomic E-state index is 12.4. The molecule has 4 rings (SSSR count). The molecule has 3 heterocycles. The molecule has 0 aromatic carbocycles. The van der Waals surface area contributed by atoms with Gasteiger partial charge in [-0.2, -0.15) is 4.98 Å². The Morgan fingerprint density at radius 3 is 2.35 bits per heavy atom. The lowest BCUT2D eigenvalue weighted by Gasteiger charge is -2.28. The van der Waals surface area contributed by atoms with Crippen molar-refractivity contribution in [1.29, 1.82) is 0 Å². The Morgan fingerprint density at radius 1 is 1.05 bits per heavy atom. The van der Waals surface area contributed by atoms with Gasteiger partial charge >= 0.3 is 0 Å². The molecule has 4 atom stereocenters. The van der Waals surface area contributed by atoms with Crippen molar-refractivity contribution in [2.75, 3.05) is 22.9 Å². The van der Waals surface area contributed by atoms with Crippen molar-refractivity contribution in [1.82, 2.24) is 24.7 Å². The third-order valence-electron chi connectivity index (χ3n) is 6.82. The first kappa shape index (κ1) is 30.5. The normalized spacial score (nSPS) is 22.1. The minimum absolute atomic E-state index is 0.0706. The number of rotatable bonds is 9. The number of hydrogen-bond acceptors (Lipinski definition) is 12. The Hall–Kier alpha value is -2.49. The summed E-state index contributed by atoms with van der Waals surface area (Å²) in [6.45, 7) is 12.3. The first-order valence-electron chi connectivity index (χ1n) is 13.2. The van der Waals surface area contributed by atoms with Crippen molar-refractivity contribution in [2.45, 2.75) is 84.3 Å². The van der Waals surface area contributed by atoms with Crippen LogP contribution >= 0.6 is 11.3 Å². The molecular weight excluding hydrogens is 554 g/mol. The quantitative estimate of drug-likeness (QED) is 0.214. The van der Waals surface area contributed by atoms with Crippen LogP contribution in [0.5, 0.6) is 0 Å². The van der Waals surface area contributed by atoms with Gasteiger partial charge in [0.15, 0.2) is 0 Å². The van der Waals surface area contributed by atoms with Crippen LogP contribution < -0.4 is 15.4 Å². The third kappa shape index (κ3) is 6.86. The van der Waals surface area contributed by atoms with E-state index in [2.05, 4.69) is 30.3 Å². The van der Waals surface area contributed by atoms with Gasteiger partial charge in [0.05, 0.1) is 45.2 Å². The van der Waals surface area contributed by atoms with Gasteiger partial charge in [-0.15, -0.1) is 11.3 Å². The second-order valence-corrected chi connectivity index (χ2v) is 14.8. The molecule has 0 bridgehead atoms. The van der Waals surface area contributed by atoms with Crippen LogP contribution in [0.4, 0.5) is 11.8 Å². The van der Waals surface area contributed by atoms with E-state index in [4.69, 9.17) is 4.98 Å². The van der Waals surface area contributed by atoms with E-state index in [9.17, 15) is 23.7 Å². The maximum Gasteiger partial charge on any atom is 0.224 e. The van der Waals surface area contributed by atoms with E-state index in [1.165, 1.54) is 11.3 Å². The number of thiazole rings is 1. The van der Waals surface area contributed by atoms with Crippen molar-refractivity contribution in [3.05, 3.63) is 23.7 Å². The topological polar surface area (TPSA) is 182 Å². The highest BCUT2D eigenvalue weighted by molar-refractivity contribution is 7.89. The van der Waals surface area contributed by atoms with Gasteiger partial charge < -0.3 is 26.0 Å². The molecule has 0 aliphatic heterocycles. The monoisotopic (exact) mass is 593 g/mol. The van der Waals surface area contributed by atoms with Crippen LogP contribution in [0, 0.1) is 19.8 Å². The number of anilines is 2. The summed E-state index contributed by atoms with van der Waals surface area (Å²) < 4.78 is 28.5. The number of nitrogens with one attached hydrogen (secondary N) is 3. The van der Waals surface area contributed by atoms with Crippen molar-refractivity contribution in [3.8, 4) is 10.6 Å². The molecule has 1 saturated carbocycles. The van der Waals surface area contributed by atoms with Gasteiger partial charge in [0.2, 0.25) is 16.0 Å². The number of pyridine rings is 1. The lowest BCUT2D eigenvalue weighted by atomic mass is 9.88. The number of aliphatic hydroxyl groups is 3. The summed E-state index contributed by atoms with van der Waals surface area (Å²) >= 11 is 1.46. The number of hydrogen-bond donors (Lipinski definition) is 6. The Kier molecular flexibility index (Phi) is 8.43. The molecule has 6 N–H and O–H groups in total. The summed E-state index contributed by atoms with van der Waals surface area (Å²) in [6, 6.07) is 1.28. The Morgan fingerprint density at radius 2 is 1.75 bits per heavy atom. The molecule has 40 heavy (non-hydrogen) atoms. The van der Waals surface area contributed by atoms with Crippen LogP contribution in [0.3, 0.4) is 0 Å². The SMILES string of the molecule is Cc1nc(NCCS(=O)(=O)NC(C)(C)C)nc(N[C@@H]2C[C@H](C(C)(C)O)[C@@H](O)[C@H]2O)c1-c1nc2c(C)nccc2s1. The van der Waals surface area contributed by atoms with Gasteiger partial charge in [-0.25, -0.2) is 23.1 Å². The van der Waals surface area contributed by atoms with E-state index in [0.717, 1.165) is 15.9 Å². The van der Waals surface area contributed by atoms with E-state index < -0.39 is 45.3 Å². The average Bonchev–Trinajstić information content (AvgIpc) is 3.34. The molecule has 0 spiro atoms. The first-order chi connectivity index (χ1) is 18.4. The van der Waals surface area contributed by atoms with E-state index in [1.807, 2.05) is 19.9 Å². The van der Waals surface area contributed by atoms with E-state index in [1.54, 1.807) is 40.8 Å². The maximum absolute atomic E-state index is 12.4. The molecule has 1 aliphatic rings. The summed E-state index contributed by atoms with van der Waals surface area (Å²) in [5, 5.41) is 39.0. The van der Waals surface area contributed by atoms with Gasteiger partial charge in [0.25, 0.3) is 0 Å². The standard InChI is InChI=1S/C26H39N7O5S2/c1-13-18(23-31-19-14(2)27-9-8-17(19)39-23)22(30-16-12-15(26(6,7)36)20(34)21(16)35)32-24(29-13)28-10-11-40(37,38)33-25(3,4)5/h8-9,15-16,20-21,33-36H,10-12H2,1-7H3,(H2,28,29,30,32)/t15-,16+,20+,21-/m0/s1. The van der Waals surface area contributed by atoms with Gasteiger partial charge in [-0.1, -0.05) is 0 Å². The van der Waals surface area contributed by atoms with Gasteiger partial charge in [0, 0.05) is 24.2 Å². The Balaban J connectivity index is 1.68. The van der Waals surface area contributed by atoms with Crippen LogP contribution in [-0.2, 0) is 10.0 Å². The highest BCUT2D eigenvalue weighted by Gasteiger charge is 2.48. The average molecular weight is 594 g/mol. The fraction of sp³-hybridized carbons (Fsp3) is 0.615. The number of sulfonamides is 1. The van der Waals surface area contributed by atoms with Crippen molar-refractivity contribution in [3.63, 3.8) is 0 Å². The van der Waals surface area contributed by atoms with Crippen molar-refractivity contribution >= 4 is 43.3 Å². The predicted octanol–water partition coefficient (Wildman–Crippen LogP) is 2.19. The molecule has 3 aromatic heterocycles. The van der Waals surface area contributed by atoms with Crippen molar-refractivity contribution < 1.29 is 23.7 Å². The first-order valence-corrected chi connectivity index (χ1v) is 15.6. The minimum atomic E-state index is -3.53. The fourth-order valence-corrected chi connectivity index (χ4v) is 7.49.